The minimum Gasteiger partial charge on any atom is -0.480 e. The van der Waals surface area contributed by atoms with Crippen LogP contribution in [0.15, 0.2) is 6.07 Å². The maximum atomic E-state index is 12.1. The Morgan fingerprint density at radius 3 is 2.55 bits per heavy atom. The molecule has 8 heteroatoms. The number of primary amides is 1. The Hall–Kier alpha value is -2.51. The molecule has 0 spiro atoms. The molecule has 20 heavy (non-hydrogen) atoms. The van der Waals surface area contributed by atoms with Gasteiger partial charge < -0.3 is 16.2 Å². The molecule has 1 aromatic heterocycles. The van der Waals surface area contributed by atoms with Gasteiger partial charge in [0.05, 0.1) is 23.4 Å². The van der Waals surface area contributed by atoms with E-state index < -0.39 is 30.2 Å². The summed E-state index contributed by atoms with van der Waals surface area (Å²) in [7, 11) is 0. The predicted octanol–water partition coefficient (Wildman–Crippen LogP) is -0.594. The molecule has 0 unspecified atom stereocenters. The molecule has 108 valence electrons. The largest absolute Gasteiger partial charge is 0.480 e. The normalized spacial score (nSPS) is 11.7. The van der Waals surface area contributed by atoms with Gasteiger partial charge in [-0.2, -0.15) is 10.2 Å². The molecule has 0 fully saturated rings. The van der Waals surface area contributed by atoms with Crippen LogP contribution in [-0.4, -0.2) is 39.1 Å². The lowest BCUT2D eigenvalue weighted by molar-refractivity contribution is -0.140. The molecule has 1 heterocycles. The van der Waals surface area contributed by atoms with Gasteiger partial charge in [-0.3, -0.25) is 9.59 Å². The zero-order valence-electron chi connectivity index (χ0n) is 11.2. The van der Waals surface area contributed by atoms with Crippen molar-refractivity contribution in [2.24, 2.45) is 5.73 Å². The van der Waals surface area contributed by atoms with E-state index in [1.54, 1.807) is 13.8 Å². The second kappa shape index (κ2) is 6.60. The molecule has 0 aromatic carbocycles. The molecule has 2 amide bonds. The van der Waals surface area contributed by atoms with Crippen LogP contribution in [0, 0.1) is 6.92 Å². The lowest BCUT2D eigenvalue weighted by Crippen LogP contribution is -2.43. The number of carbonyl (C=O) groups excluding carboxylic acids is 2. The highest BCUT2D eigenvalue weighted by molar-refractivity contribution is 5.98. The first kappa shape index (κ1) is 15.5. The minimum absolute atomic E-state index is 0.246. The summed E-state index contributed by atoms with van der Waals surface area (Å²) in [4.78, 5) is 33.8. The molecule has 0 radical (unpaired) electrons. The summed E-state index contributed by atoms with van der Waals surface area (Å²) in [5, 5.41) is 18.9. The number of aliphatic carboxylic acids is 1. The van der Waals surface area contributed by atoms with Crippen LogP contribution in [0.1, 0.15) is 35.1 Å². The van der Waals surface area contributed by atoms with Crippen molar-refractivity contribution >= 4 is 17.8 Å². The monoisotopic (exact) mass is 280 g/mol. The Labute approximate surface area is 115 Å². The van der Waals surface area contributed by atoms with Crippen molar-refractivity contribution in [3.63, 3.8) is 0 Å². The molecular formula is C12H16N4O4. The molecule has 4 N–H and O–H groups in total. The fourth-order valence-corrected chi connectivity index (χ4v) is 1.61. The molecule has 0 saturated carbocycles. The number of hydrogen-bond donors (Lipinski definition) is 3. The van der Waals surface area contributed by atoms with Crippen LogP contribution in [-0.2, 0) is 16.0 Å². The lowest BCUT2D eigenvalue weighted by atomic mass is 10.1. The number of hydrogen-bond acceptors (Lipinski definition) is 5. The molecule has 8 nitrogen and oxygen atoms in total. The van der Waals surface area contributed by atoms with E-state index in [0.717, 1.165) is 0 Å². The Kier molecular flexibility index (Phi) is 5.13. The van der Waals surface area contributed by atoms with Crippen LogP contribution in [0.25, 0.3) is 0 Å². The Bertz CT molecular complexity index is 544. The number of carboxylic acids is 1. The summed E-state index contributed by atoms with van der Waals surface area (Å²) in [6.07, 6.45) is 0.00359. The smallest absolute Gasteiger partial charge is 0.326 e. The van der Waals surface area contributed by atoms with Crippen molar-refractivity contribution < 1.29 is 19.5 Å². The van der Waals surface area contributed by atoms with Crippen molar-refractivity contribution in [3.05, 3.63) is 23.0 Å². The molecule has 1 atom stereocenters. The van der Waals surface area contributed by atoms with Crippen LogP contribution in [0.2, 0.25) is 0 Å². The highest BCUT2D eigenvalue weighted by Gasteiger charge is 2.24. The molecule has 0 saturated heterocycles. The number of nitrogens with zero attached hydrogens (tertiary/aromatic N) is 2. The van der Waals surface area contributed by atoms with Crippen molar-refractivity contribution in [3.8, 4) is 0 Å². The van der Waals surface area contributed by atoms with Gasteiger partial charge in [-0.15, -0.1) is 0 Å². The number of aromatic nitrogens is 2. The van der Waals surface area contributed by atoms with Crippen LogP contribution in [0.3, 0.4) is 0 Å². The Balaban J connectivity index is 2.96. The molecule has 0 aliphatic carbocycles. The van der Waals surface area contributed by atoms with E-state index in [2.05, 4.69) is 15.5 Å². The average Bonchev–Trinajstić information content (AvgIpc) is 2.37. The van der Waals surface area contributed by atoms with Gasteiger partial charge in [-0.25, -0.2) is 4.79 Å². The third-order valence-electron chi connectivity index (χ3n) is 2.58. The second-order valence-corrected chi connectivity index (χ2v) is 4.23. The third-order valence-corrected chi connectivity index (χ3v) is 2.58. The molecule has 1 rings (SSSR count). The average molecular weight is 280 g/mol. The van der Waals surface area contributed by atoms with Gasteiger partial charge in [0.25, 0.3) is 5.91 Å². The highest BCUT2D eigenvalue weighted by atomic mass is 16.4. The molecule has 1 aromatic rings. The van der Waals surface area contributed by atoms with Gasteiger partial charge in [0.2, 0.25) is 5.91 Å². The van der Waals surface area contributed by atoms with E-state index in [-0.39, 0.29) is 5.56 Å². The van der Waals surface area contributed by atoms with Gasteiger partial charge in [0.15, 0.2) is 0 Å². The van der Waals surface area contributed by atoms with E-state index in [4.69, 9.17) is 10.8 Å². The number of carboxylic acid groups (broad SMARTS) is 1. The van der Waals surface area contributed by atoms with Gasteiger partial charge in [0, 0.05) is 0 Å². The van der Waals surface area contributed by atoms with Crippen molar-refractivity contribution in [2.75, 3.05) is 0 Å². The first-order valence-electron chi connectivity index (χ1n) is 6.00. The first-order chi connectivity index (χ1) is 9.35. The van der Waals surface area contributed by atoms with Gasteiger partial charge in [-0.1, -0.05) is 6.92 Å². The number of carbonyl (C=O) groups is 3. The molecule has 0 bridgehead atoms. The molecule has 0 aliphatic rings. The van der Waals surface area contributed by atoms with E-state index >= 15 is 0 Å². The van der Waals surface area contributed by atoms with Crippen molar-refractivity contribution in [2.45, 2.75) is 32.7 Å². The lowest BCUT2D eigenvalue weighted by Gasteiger charge is -2.14. The SMILES string of the molecule is CCc1nnc(C)cc1C(=O)N[C@H](CC(N)=O)C(=O)O. The van der Waals surface area contributed by atoms with E-state index in [0.29, 0.717) is 17.8 Å². The Morgan fingerprint density at radius 1 is 1.40 bits per heavy atom. The van der Waals surface area contributed by atoms with E-state index in [9.17, 15) is 14.4 Å². The van der Waals surface area contributed by atoms with Gasteiger partial charge in [0.1, 0.15) is 6.04 Å². The summed E-state index contributed by atoms with van der Waals surface area (Å²) in [5.41, 5.74) is 6.19. The molecule has 0 aliphatic heterocycles. The quantitative estimate of drug-likeness (QED) is 0.637. The fourth-order valence-electron chi connectivity index (χ4n) is 1.61. The van der Waals surface area contributed by atoms with E-state index in [1.165, 1.54) is 6.07 Å². The minimum atomic E-state index is -1.36. The van der Waals surface area contributed by atoms with Crippen molar-refractivity contribution in [1.82, 2.24) is 15.5 Å². The Morgan fingerprint density at radius 2 is 2.05 bits per heavy atom. The fraction of sp³-hybridized carbons (Fsp3) is 0.417. The highest BCUT2D eigenvalue weighted by Crippen LogP contribution is 2.08. The van der Waals surface area contributed by atoms with Crippen LogP contribution < -0.4 is 11.1 Å². The summed E-state index contributed by atoms with van der Waals surface area (Å²) >= 11 is 0. The summed E-state index contributed by atoms with van der Waals surface area (Å²) in [5.74, 6) is -2.75. The number of rotatable bonds is 6. The maximum absolute atomic E-state index is 12.1. The van der Waals surface area contributed by atoms with Crippen LogP contribution >= 0.6 is 0 Å². The standard InChI is InChI=1S/C12H16N4O4/c1-3-8-7(4-6(2)15-16-8)11(18)14-9(12(19)20)5-10(13)17/h4,9H,3,5H2,1-2H3,(H2,13,17)(H,14,18)(H,19,20)/t9-/m1/s1. The molecular weight excluding hydrogens is 264 g/mol. The summed E-state index contributed by atoms with van der Waals surface area (Å²) in [6.45, 7) is 3.47. The topological polar surface area (TPSA) is 135 Å². The zero-order valence-corrected chi connectivity index (χ0v) is 11.2. The number of nitrogens with one attached hydrogen (secondary N) is 1. The van der Waals surface area contributed by atoms with Crippen LogP contribution in [0.5, 0.6) is 0 Å². The summed E-state index contributed by atoms with van der Waals surface area (Å²) in [6, 6.07) is 0.155. The van der Waals surface area contributed by atoms with E-state index in [1.807, 2.05) is 0 Å². The van der Waals surface area contributed by atoms with Crippen LogP contribution in [0.4, 0.5) is 0 Å². The number of nitrogens with two attached hydrogens (primary N) is 1. The number of amides is 2. The van der Waals surface area contributed by atoms with Gasteiger partial charge in [-0.05, 0) is 19.4 Å². The predicted molar refractivity (Wildman–Crippen MR) is 68.8 cm³/mol. The van der Waals surface area contributed by atoms with Crippen molar-refractivity contribution in [1.29, 1.82) is 0 Å². The van der Waals surface area contributed by atoms with Gasteiger partial charge >= 0.3 is 5.97 Å². The number of aryl methyl sites for hydroxylation is 2. The summed E-state index contributed by atoms with van der Waals surface area (Å²) < 4.78 is 0. The first-order valence-corrected chi connectivity index (χ1v) is 6.00. The maximum Gasteiger partial charge on any atom is 0.326 e. The zero-order chi connectivity index (χ0) is 15.3. The third kappa shape index (κ3) is 4.01. The second-order valence-electron chi connectivity index (χ2n) is 4.23.